The molecule has 1 aliphatic carbocycles. The number of piperazine rings is 1. The maximum Gasteiger partial charge on any atom is 0.0417 e. The van der Waals surface area contributed by atoms with Crippen LogP contribution in [0.5, 0.6) is 0 Å². The molecule has 1 aliphatic heterocycles. The summed E-state index contributed by atoms with van der Waals surface area (Å²) in [5, 5.41) is 4.24. The van der Waals surface area contributed by atoms with Crippen molar-refractivity contribution in [2.24, 2.45) is 5.92 Å². The first-order valence-corrected chi connectivity index (χ1v) is 7.82. The second-order valence-corrected chi connectivity index (χ2v) is 6.52. The van der Waals surface area contributed by atoms with E-state index in [1.54, 1.807) is 0 Å². The Morgan fingerprint density at radius 2 is 2.00 bits per heavy atom. The van der Waals surface area contributed by atoms with Crippen LogP contribution >= 0.6 is 27.5 Å². The Balaban J connectivity index is 1.88. The van der Waals surface area contributed by atoms with Crippen molar-refractivity contribution in [3.8, 4) is 0 Å². The summed E-state index contributed by atoms with van der Waals surface area (Å²) in [5.74, 6) is 0.834. The zero-order chi connectivity index (χ0) is 12.5. The normalized spacial score (nSPS) is 23.0. The fraction of sp³-hybridized carbons (Fsp3) is 0.571. The molecule has 1 aromatic carbocycles. The summed E-state index contributed by atoms with van der Waals surface area (Å²) in [7, 11) is 0. The molecule has 98 valence electrons. The van der Waals surface area contributed by atoms with E-state index in [1.165, 1.54) is 18.4 Å². The lowest BCUT2D eigenvalue weighted by Gasteiger charge is -2.36. The minimum absolute atomic E-state index is 0.568. The molecule has 1 N–H and O–H groups in total. The van der Waals surface area contributed by atoms with E-state index in [1.807, 2.05) is 12.1 Å². The zero-order valence-electron chi connectivity index (χ0n) is 10.3. The largest absolute Gasteiger partial charge is 0.314 e. The fourth-order valence-electron chi connectivity index (χ4n) is 2.86. The maximum absolute atomic E-state index is 6.05. The van der Waals surface area contributed by atoms with E-state index in [2.05, 4.69) is 32.2 Å². The van der Waals surface area contributed by atoms with Gasteiger partial charge in [0.1, 0.15) is 0 Å². The van der Waals surface area contributed by atoms with Crippen LogP contribution in [0.15, 0.2) is 22.7 Å². The second-order valence-electron chi connectivity index (χ2n) is 5.23. The van der Waals surface area contributed by atoms with Crippen molar-refractivity contribution in [3.05, 3.63) is 33.3 Å². The van der Waals surface area contributed by atoms with Gasteiger partial charge in [-0.1, -0.05) is 33.6 Å². The Morgan fingerprint density at radius 3 is 2.61 bits per heavy atom. The molecule has 2 nitrogen and oxygen atoms in total. The average Bonchev–Trinajstić information content (AvgIpc) is 3.18. The number of nitrogens with one attached hydrogen (secondary N) is 1. The van der Waals surface area contributed by atoms with E-state index < -0.39 is 0 Å². The Hall–Kier alpha value is -0.0900. The molecule has 1 saturated carbocycles. The van der Waals surface area contributed by atoms with Crippen molar-refractivity contribution in [2.45, 2.75) is 18.9 Å². The summed E-state index contributed by atoms with van der Waals surface area (Å²) >= 11 is 9.73. The topological polar surface area (TPSA) is 15.3 Å². The molecular weight excluding hydrogens is 312 g/mol. The van der Waals surface area contributed by atoms with Gasteiger partial charge in [0, 0.05) is 41.7 Å². The Kier molecular flexibility index (Phi) is 3.94. The van der Waals surface area contributed by atoms with E-state index in [-0.39, 0.29) is 0 Å². The molecule has 2 aliphatic rings. The standard InChI is InChI=1S/C14H18BrClN2/c15-13-9-11(16)3-4-12(13)14(10-1-2-10)18-7-5-17-6-8-18/h3-4,9-10,14,17H,1-2,5-8H2/t14-/m1/s1. The first-order chi connectivity index (χ1) is 8.75. The maximum atomic E-state index is 6.05. The lowest BCUT2D eigenvalue weighted by Crippen LogP contribution is -2.45. The number of hydrogen-bond donors (Lipinski definition) is 1. The van der Waals surface area contributed by atoms with Gasteiger partial charge in [0.15, 0.2) is 0 Å². The van der Waals surface area contributed by atoms with Crippen LogP contribution in [0.4, 0.5) is 0 Å². The van der Waals surface area contributed by atoms with Crippen LogP contribution in [-0.2, 0) is 0 Å². The van der Waals surface area contributed by atoms with Crippen LogP contribution in [0.1, 0.15) is 24.4 Å². The molecule has 1 saturated heterocycles. The van der Waals surface area contributed by atoms with Crippen molar-refractivity contribution < 1.29 is 0 Å². The van der Waals surface area contributed by atoms with Crippen molar-refractivity contribution in [3.63, 3.8) is 0 Å². The smallest absolute Gasteiger partial charge is 0.0417 e. The highest BCUT2D eigenvalue weighted by molar-refractivity contribution is 9.10. The van der Waals surface area contributed by atoms with E-state index in [4.69, 9.17) is 11.6 Å². The van der Waals surface area contributed by atoms with Gasteiger partial charge in [-0.2, -0.15) is 0 Å². The Labute approximate surface area is 122 Å². The van der Waals surface area contributed by atoms with Gasteiger partial charge in [-0.25, -0.2) is 0 Å². The second kappa shape index (κ2) is 5.49. The van der Waals surface area contributed by atoms with E-state index >= 15 is 0 Å². The summed E-state index contributed by atoms with van der Waals surface area (Å²) < 4.78 is 1.16. The molecular formula is C14H18BrClN2. The highest BCUT2D eigenvalue weighted by Crippen LogP contribution is 2.46. The van der Waals surface area contributed by atoms with Crippen molar-refractivity contribution >= 4 is 27.5 Å². The minimum atomic E-state index is 0.568. The summed E-state index contributed by atoms with van der Waals surface area (Å²) in [6, 6.07) is 6.80. The Morgan fingerprint density at radius 1 is 1.28 bits per heavy atom. The molecule has 0 spiro atoms. The van der Waals surface area contributed by atoms with E-state index in [0.717, 1.165) is 41.6 Å². The molecule has 0 unspecified atom stereocenters. The molecule has 1 heterocycles. The fourth-order valence-corrected chi connectivity index (χ4v) is 3.78. The van der Waals surface area contributed by atoms with Crippen molar-refractivity contribution in [1.82, 2.24) is 10.2 Å². The number of hydrogen-bond acceptors (Lipinski definition) is 2. The number of halogens is 2. The van der Waals surface area contributed by atoms with Crippen LogP contribution in [0.25, 0.3) is 0 Å². The summed E-state index contributed by atoms with van der Waals surface area (Å²) in [6.45, 7) is 4.51. The summed E-state index contributed by atoms with van der Waals surface area (Å²) in [6.07, 6.45) is 2.73. The number of benzene rings is 1. The van der Waals surface area contributed by atoms with Crippen LogP contribution < -0.4 is 5.32 Å². The van der Waals surface area contributed by atoms with Crippen LogP contribution in [0, 0.1) is 5.92 Å². The van der Waals surface area contributed by atoms with E-state index in [9.17, 15) is 0 Å². The first kappa shape index (κ1) is 12.9. The molecule has 1 atom stereocenters. The predicted octanol–water partition coefficient (Wildman–Crippen LogP) is 3.46. The van der Waals surface area contributed by atoms with Gasteiger partial charge in [0.25, 0.3) is 0 Å². The van der Waals surface area contributed by atoms with Gasteiger partial charge in [0.05, 0.1) is 0 Å². The van der Waals surface area contributed by atoms with E-state index in [0.29, 0.717) is 6.04 Å². The highest BCUT2D eigenvalue weighted by Gasteiger charge is 2.37. The summed E-state index contributed by atoms with van der Waals surface area (Å²) in [5.41, 5.74) is 1.41. The molecule has 0 amide bonds. The molecule has 0 bridgehead atoms. The molecule has 18 heavy (non-hydrogen) atoms. The van der Waals surface area contributed by atoms with Crippen molar-refractivity contribution in [2.75, 3.05) is 26.2 Å². The van der Waals surface area contributed by atoms with Gasteiger partial charge in [-0.15, -0.1) is 0 Å². The first-order valence-electron chi connectivity index (χ1n) is 6.65. The van der Waals surface area contributed by atoms with Crippen molar-refractivity contribution in [1.29, 1.82) is 0 Å². The molecule has 0 radical (unpaired) electrons. The van der Waals surface area contributed by atoms with Gasteiger partial charge in [-0.05, 0) is 36.5 Å². The van der Waals surface area contributed by atoms with Gasteiger partial charge < -0.3 is 5.32 Å². The Bertz CT molecular complexity index is 428. The van der Waals surface area contributed by atoms with Crippen LogP contribution in [0.3, 0.4) is 0 Å². The number of nitrogens with zero attached hydrogens (tertiary/aromatic N) is 1. The average molecular weight is 330 g/mol. The molecule has 3 rings (SSSR count). The highest BCUT2D eigenvalue weighted by atomic mass is 79.9. The van der Waals surface area contributed by atoms with Crippen LogP contribution in [-0.4, -0.2) is 31.1 Å². The van der Waals surface area contributed by atoms with Gasteiger partial charge in [-0.3, -0.25) is 4.90 Å². The monoisotopic (exact) mass is 328 g/mol. The zero-order valence-corrected chi connectivity index (χ0v) is 12.7. The molecule has 2 fully saturated rings. The van der Waals surface area contributed by atoms with Gasteiger partial charge in [0.2, 0.25) is 0 Å². The lowest BCUT2D eigenvalue weighted by molar-refractivity contribution is 0.155. The number of rotatable bonds is 3. The SMILES string of the molecule is Clc1ccc([C@@H](C2CC2)N2CCNCC2)c(Br)c1. The third-order valence-corrected chi connectivity index (χ3v) is 4.82. The quantitative estimate of drug-likeness (QED) is 0.913. The minimum Gasteiger partial charge on any atom is -0.314 e. The molecule has 0 aromatic heterocycles. The predicted molar refractivity (Wildman–Crippen MR) is 79.1 cm³/mol. The molecule has 1 aromatic rings. The lowest BCUT2D eigenvalue weighted by atomic mass is 10.00. The third kappa shape index (κ3) is 2.74. The van der Waals surface area contributed by atoms with Crippen LogP contribution in [0.2, 0.25) is 5.02 Å². The summed E-state index contributed by atoms with van der Waals surface area (Å²) in [4.78, 5) is 2.63. The third-order valence-electron chi connectivity index (χ3n) is 3.89. The molecule has 4 heteroatoms. The van der Waals surface area contributed by atoms with Gasteiger partial charge >= 0.3 is 0 Å².